The molecule has 0 spiro atoms. The van der Waals surface area contributed by atoms with E-state index in [4.69, 9.17) is 0 Å². The maximum absolute atomic E-state index is 9.46. The van der Waals surface area contributed by atoms with E-state index in [2.05, 4.69) is 10.3 Å². The quantitative estimate of drug-likeness (QED) is 0.510. The normalized spacial score (nSPS) is 36.3. The highest BCUT2D eigenvalue weighted by Crippen LogP contribution is 2.23. The minimum Gasteiger partial charge on any atom is -0.375 e. The van der Waals surface area contributed by atoms with Crippen LogP contribution in [0.5, 0.6) is 0 Å². The zero-order valence-electron chi connectivity index (χ0n) is 6.33. The zero-order chi connectivity index (χ0) is 7.68. The van der Waals surface area contributed by atoms with Crippen LogP contribution in [0.25, 0.3) is 0 Å². The number of fused-ring (bicyclic) bond motifs is 1. The van der Waals surface area contributed by atoms with Gasteiger partial charge < -0.3 is 5.11 Å². The van der Waals surface area contributed by atoms with Crippen molar-refractivity contribution < 1.29 is 5.11 Å². The number of hydrogen-bond acceptors (Lipinski definition) is 3. The van der Waals surface area contributed by atoms with E-state index in [1.165, 1.54) is 0 Å². The number of nitrogens with zero attached hydrogens (tertiary/aromatic N) is 1. The van der Waals surface area contributed by atoms with Crippen molar-refractivity contribution in [3.63, 3.8) is 0 Å². The van der Waals surface area contributed by atoms with Crippen molar-refractivity contribution in [3.8, 4) is 0 Å². The summed E-state index contributed by atoms with van der Waals surface area (Å²) in [7, 11) is 0. The van der Waals surface area contributed by atoms with Gasteiger partial charge in [-0.25, -0.2) is 0 Å². The largest absolute Gasteiger partial charge is 0.375 e. The maximum atomic E-state index is 9.46. The average Bonchev–Trinajstić information content (AvgIpc) is 2.06. The standard InChI is InChI=1S/C8H12N2O/c11-8-7-2-3-9-5-6(7)1-4-10-8/h2-3,6,8,10-11H,1,4-5H2. The van der Waals surface area contributed by atoms with Gasteiger partial charge in [-0.2, -0.15) is 0 Å². The van der Waals surface area contributed by atoms with Crippen molar-refractivity contribution in [2.75, 3.05) is 13.1 Å². The molecule has 2 rings (SSSR count). The van der Waals surface area contributed by atoms with Crippen LogP contribution in [0.1, 0.15) is 6.42 Å². The molecular weight excluding hydrogens is 140 g/mol. The topological polar surface area (TPSA) is 44.6 Å². The Labute approximate surface area is 65.8 Å². The SMILES string of the molecule is OC1NCCC2CN=CC=C21. The van der Waals surface area contributed by atoms with Crippen LogP contribution in [0, 0.1) is 5.92 Å². The molecule has 1 saturated heterocycles. The molecule has 2 unspecified atom stereocenters. The average molecular weight is 152 g/mol. The molecule has 3 heteroatoms. The van der Waals surface area contributed by atoms with Crippen LogP contribution in [-0.2, 0) is 0 Å². The van der Waals surface area contributed by atoms with Gasteiger partial charge in [-0.1, -0.05) is 0 Å². The van der Waals surface area contributed by atoms with Crippen molar-refractivity contribution >= 4 is 6.21 Å². The van der Waals surface area contributed by atoms with E-state index in [0.29, 0.717) is 5.92 Å². The molecule has 0 amide bonds. The minimum absolute atomic E-state index is 0.430. The molecule has 0 aromatic carbocycles. The van der Waals surface area contributed by atoms with E-state index in [-0.39, 0.29) is 0 Å². The first-order valence-electron chi connectivity index (χ1n) is 3.99. The summed E-state index contributed by atoms with van der Waals surface area (Å²) in [5.74, 6) is 0.483. The molecular formula is C8H12N2O. The monoisotopic (exact) mass is 152 g/mol. The lowest BCUT2D eigenvalue weighted by Crippen LogP contribution is -2.41. The summed E-state index contributed by atoms with van der Waals surface area (Å²) in [4.78, 5) is 4.16. The number of piperidine rings is 1. The van der Waals surface area contributed by atoms with Gasteiger partial charge >= 0.3 is 0 Å². The van der Waals surface area contributed by atoms with Gasteiger partial charge in [0.25, 0.3) is 0 Å². The fourth-order valence-electron chi connectivity index (χ4n) is 1.65. The van der Waals surface area contributed by atoms with E-state index in [1.807, 2.05) is 6.08 Å². The summed E-state index contributed by atoms with van der Waals surface area (Å²) in [5.41, 5.74) is 1.10. The number of aliphatic hydroxyl groups is 1. The first kappa shape index (κ1) is 7.00. The Kier molecular flexibility index (Phi) is 1.75. The number of rotatable bonds is 0. The Balaban J connectivity index is 2.20. The van der Waals surface area contributed by atoms with E-state index in [1.54, 1.807) is 6.21 Å². The third-order valence-electron chi connectivity index (χ3n) is 2.32. The molecule has 0 aromatic heterocycles. The molecule has 0 aromatic rings. The highest BCUT2D eigenvalue weighted by atomic mass is 16.3. The van der Waals surface area contributed by atoms with Gasteiger partial charge in [0.1, 0.15) is 6.23 Å². The molecule has 0 bridgehead atoms. The summed E-state index contributed by atoms with van der Waals surface area (Å²) in [6.45, 7) is 1.75. The number of aliphatic imine (C=N–C) groups is 1. The van der Waals surface area contributed by atoms with E-state index in [9.17, 15) is 5.11 Å². The Morgan fingerprint density at radius 1 is 1.64 bits per heavy atom. The third-order valence-corrected chi connectivity index (χ3v) is 2.32. The lowest BCUT2D eigenvalue weighted by atomic mass is 9.89. The van der Waals surface area contributed by atoms with Crippen molar-refractivity contribution in [2.24, 2.45) is 10.9 Å². The smallest absolute Gasteiger partial charge is 0.127 e. The maximum Gasteiger partial charge on any atom is 0.127 e. The van der Waals surface area contributed by atoms with Crippen LogP contribution in [-0.4, -0.2) is 30.6 Å². The number of nitrogens with one attached hydrogen (secondary N) is 1. The molecule has 2 aliphatic rings. The molecule has 2 N–H and O–H groups in total. The summed E-state index contributed by atoms with van der Waals surface area (Å²) < 4.78 is 0. The van der Waals surface area contributed by atoms with E-state index < -0.39 is 6.23 Å². The second kappa shape index (κ2) is 2.75. The molecule has 60 valence electrons. The van der Waals surface area contributed by atoms with Crippen molar-refractivity contribution in [3.05, 3.63) is 11.6 Å². The van der Waals surface area contributed by atoms with Gasteiger partial charge in [-0.3, -0.25) is 10.3 Å². The van der Waals surface area contributed by atoms with Crippen LogP contribution in [0.15, 0.2) is 16.6 Å². The Morgan fingerprint density at radius 2 is 2.55 bits per heavy atom. The zero-order valence-corrected chi connectivity index (χ0v) is 6.33. The minimum atomic E-state index is -0.430. The summed E-state index contributed by atoms with van der Waals surface area (Å²) in [5, 5.41) is 12.5. The molecule has 0 aliphatic carbocycles. The van der Waals surface area contributed by atoms with Crippen LogP contribution in [0.2, 0.25) is 0 Å². The van der Waals surface area contributed by atoms with Crippen LogP contribution in [0.4, 0.5) is 0 Å². The van der Waals surface area contributed by atoms with Gasteiger partial charge in [0.05, 0.1) is 0 Å². The fraction of sp³-hybridized carbons (Fsp3) is 0.625. The lowest BCUT2D eigenvalue weighted by Gasteiger charge is -2.30. The van der Waals surface area contributed by atoms with Gasteiger partial charge in [-0.15, -0.1) is 0 Å². The van der Waals surface area contributed by atoms with Crippen LogP contribution < -0.4 is 5.32 Å². The molecule has 2 aliphatic heterocycles. The molecule has 2 atom stereocenters. The number of dihydropyridines is 1. The molecule has 1 fully saturated rings. The molecule has 2 heterocycles. The van der Waals surface area contributed by atoms with Crippen molar-refractivity contribution in [1.82, 2.24) is 5.32 Å². The van der Waals surface area contributed by atoms with Crippen LogP contribution in [0.3, 0.4) is 0 Å². The van der Waals surface area contributed by atoms with Crippen molar-refractivity contribution in [2.45, 2.75) is 12.6 Å². The fourth-order valence-corrected chi connectivity index (χ4v) is 1.65. The Morgan fingerprint density at radius 3 is 3.36 bits per heavy atom. The summed E-state index contributed by atoms with van der Waals surface area (Å²) >= 11 is 0. The summed E-state index contributed by atoms with van der Waals surface area (Å²) in [6.07, 6.45) is 4.37. The Hall–Kier alpha value is -0.670. The highest BCUT2D eigenvalue weighted by Gasteiger charge is 2.25. The predicted molar refractivity (Wildman–Crippen MR) is 43.6 cm³/mol. The second-order valence-electron chi connectivity index (χ2n) is 3.02. The van der Waals surface area contributed by atoms with E-state index >= 15 is 0 Å². The van der Waals surface area contributed by atoms with E-state index in [0.717, 1.165) is 25.1 Å². The van der Waals surface area contributed by atoms with Gasteiger partial charge in [0, 0.05) is 18.7 Å². The van der Waals surface area contributed by atoms with Crippen molar-refractivity contribution in [1.29, 1.82) is 0 Å². The first-order valence-corrected chi connectivity index (χ1v) is 3.99. The highest BCUT2D eigenvalue weighted by molar-refractivity contribution is 5.73. The van der Waals surface area contributed by atoms with Gasteiger partial charge in [0.2, 0.25) is 0 Å². The van der Waals surface area contributed by atoms with Gasteiger partial charge in [-0.05, 0) is 24.6 Å². The number of hydrogen-bond donors (Lipinski definition) is 2. The molecule has 0 saturated carbocycles. The Bertz CT molecular complexity index is 210. The molecule has 0 radical (unpaired) electrons. The lowest BCUT2D eigenvalue weighted by molar-refractivity contribution is 0.139. The summed E-state index contributed by atoms with van der Waals surface area (Å²) in [6, 6.07) is 0. The predicted octanol–water partition coefficient (Wildman–Crippen LogP) is -0.0749. The molecule has 11 heavy (non-hydrogen) atoms. The number of aliphatic hydroxyl groups excluding tert-OH is 1. The number of allylic oxidation sites excluding steroid dienone is 1. The first-order chi connectivity index (χ1) is 5.38. The van der Waals surface area contributed by atoms with Gasteiger partial charge in [0.15, 0.2) is 0 Å². The molecule has 3 nitrogen and oxygen atoms in total. The third kappa shape index (κ3) is 1.21. The second-order valence-corrected chi connectivity index (χ2v) is 3.02. The van der Waals surface area contributed by atoms with Crippen LogP contribution >= 0.6 is 0 Å².